The molecule has 4 aromatic rings. The number of benzene rings is 1. The van der Waals surface area contributed by atoms with Crippen LogP contribution in [0, 0.1) is 6.92 Å². The molecule has 7 nitrogen and oxygen atoms in total. The number of imidazole rings is 1. The first kappa shape index (κ1) is 16.0. The van der Waals surface area contributed by atoms with Gasteiger partial charge < -0.3 is 9.88 Å². The van der Waals surface area contributed by atoms with Crippen molar-refractivity contribution in [1.82, 2.24) is 24.1 Å². The van der Waals surface area contributed by atoms with Gasteiger partial charge in [-0.15, -0.1) is 0 Å². The largest absolute Gasteiger partial charge is 0.324 e. The number of nitrogens with one attached hydrogen (secondary N) is 1. The Kier molecular flexibility index (Phi) is 3.96. The number of nitrogens with zero attached hydrogens (tertiary/aromatic N) is 5. The molecule has 0 fully saturated rings. The van der Waals surface area contributed by atoms with Gasteiger partial charge in [0.1, 0.15) is 5.65 Å². The van der Waals surface area contributed by atoms with Crippen LogP contribution >= 0.6 is 0 Å². The topological polar surface area (TPSA) is 77.6 Å². The van der Waals surface area contributed by atoms with E-state index in [1.165, 1.54) is 0 Å². The fourth-order valence-corrected chi connectivity index (χ4v) is 2.94. The highest BCUT2D eigenvalue weighted by Gasteiger charge is 2.09. The highest BCUT2D eigenvalue weighted by atomic mass is 16.1. The van der Waals surface area contributed by atoms with Gasteiger partial charge in [0.2, 0.25) is 5.95 Å². The average molecular weight is 346 g/mol. The van der Waals surface area contributed by atoms with Gasteiger partial charge in [-0.2, -0.15) is 4.98 Å². The Morgan fingerprint density at radius 2 is 1.88 bits per heavy atom. The number of anilines is 2. The highest BCUT2D eigenvalue weighted by molar-refractivity contribution is 5.79. The fraction of sp³-hybridized carbons (Fsp3) is 0.158. The van der Waals surface area contributed by atoms with Gasteiger partial charge in [-0.1, -0.05) is 0 Å². The molecule has 1 aromatic carbocycles. The third kappa shape index (κ3) is 2.83. The summed E-state index contributed by atoms with van der Waals surface area (Å²) in [7, 11) is 0. The van der Waals surface area contributed by atoms with Crippen molar-refractivity contribution in [3.63, 3.8) is 0 Å². The maximum Gasteiger partial charge on any atom is 0.252 e. The molecule has 0 aliphatic heterocycles. The molecule has 130 valence electrons. The van der Waals surface area contributed by atoms with E-state index in [1.807, 2.05) is 48.9 Å². The Balaban J connectivity index is 1.70. The summed E-state index contributed by atoms with van der Waals surface area (Å²) < 4.78 is 3.58. The van der Waals surface area contributed by atoms with Crippen LogP contribution in [-0.2, 0) is 6.54 Å². The number of aryl methyl sites for hydroxylation is 2. The van der Waals surface area contributed by atoms with Gasteiger partial charge >= 0.3 is 0 Å². The van der Waals surface area contributed by atoms with Crippen molar-refractivity contribution in [1.29, 1.82) is 0 Å². The number of pyridine rings is 1. The zero-order chi connectivity index (χ0) is 18.1. The summed E-state index contributed by atoms with van der Waals surface area (Å²) in [6, 6.07) is 11.2. The monoisotopic (exact) mass is 346 g/mol. The van der Waals surface area contributed by atoms with Gasteiger partial charge in [0.15, 0.2) is 0 Å². The quantitative estimate of drug-likeness (QED) is 0.614. The molecule has 0 radical (unpaired) electrons. The predicted molar refractivity (Wildman–Crippen MR) is 101 cm³/mol. The van der Waals surface area contributed by atoms with Crippen molar-refractivity contribution in [2.45, 2.75) is 20.4 Å². The minimum atomic E-state index is -0.0614. The van der Waals surface area contributed by atoms with Gasteiger partial charge in [0.25, 0.3) is 5.56 Å². The van der Waals surface area contributed by atoms with Crippen LogP contribution < -0.4 is 10.9 Å². The second-order valence-electron chi connectivity index (χ2n) is 5.93. The summed E-state index contributed by atoms with van der Waals surface area (Å²) in [5.41, 5.74) is 3.30. The van der Waals surface area contributed by atoms with Crippen molar-refractivity contribution in [3.8, 4) is 5.69 Å². The second-order valence-corrected chi connectivity index (χ2v) is 5.93. The lowest BCUT2D eigenvalue weighted by Gasteiger charge is -2.11. The minimum Gasteiger partial charge on any atom is -0.324 e. The minimum absolute atomic E-state index is 0.0614. The van der Waals surface area contributed by atoms with Crippen molar-refractivity contribution >= 4 is 22.7 Å². The summed E-state index contributed by atoms with van der Waals surface area (Å²) >= 11 is 0. The molecule has 0 unspecified atom stereocenters. The molecule has 0 spiro atoms. The first-order valence-electron chi connectivity index (χ1n) is 8.39. The van der Waals surface area contributed by atoms with E-state index in [9.17, 15) is 4.79 Å². The van der Waals surface area contributed by atoms with Crippen molar-refractivity contribution < 1.29 is 0 Å². The summed E-state index contributed by atoms with van der Waals surface area (Å²) in [6.07, 6.45) is 5.38. The molecule has 3 aromatic heterocycles. The molecule has 0 bridgehead atoms. The van der Waals surface area contributed by atoms with Crippen LogP contribution in [0.25, 0.3) is 16.7 Å². The molecular weight excluding hydrogens is 328 g/mol. The number of fused-ring (bicyclic) bond motifs is 1. The van der Waals surface area contributed by atoms with Gasteiger partial charge in [-0.05, 0) is 44.2 Å². The maximum absolute atomic E-state index is 12.1. The predicted octanol–water partition coefficient (Wildman–Crippen LogP) is 3.05. The Morgan fingerprint density at radius 1 is 1.08 bits per heavy atom. The van der Waals surface area contributed by atoms with E-state index in [0.717, 1.165) is 22.5 Å². The fourth-order valence-electron chi connectivity index (χ4n) is 2.94. The molecule has 4 rings (SSSR count). The molecule has 3 heterocycles. The van der Waals surface area contributed by atoms with Gasteiger partial charge in [-0.25, -0.2) is 9.97 Å². The average Bonchev–Trinajstić information content (AvgIpc) is 3.17. The van der Waals surface area contributed by atoms with E-state index in [1.54, 1.807) is 29.2 Å². The molecule has 0 atom stereocenters. The van der Waals surface area contributed by atoms with E-state index >= 15 is 0 Å². The second kappa shape index (κ2) is 6.44. The molecule has 7 heteroatoms. The molecule has 0 aliphatic rings. The van der Waals surface area contributed by atoms with Crippen LogP contribution in [0.4, 0.5) is 11.6 Å². The Labute approximate surface area is 150 Å². The van der Waals surface area contributed by atoms with Crippen LogP contribution in [0.3, 0.4) is 0 Å². The summed E-state index contributed by atoms with van der Waals surface area (Å²) in [4.78, 5) is 25.2. The van der Waals surface area contributed by atoms with Gasteiger partial charge in [0, 0.05) is 41.8 Å². The lowest BCUT2D eigenvalue weighted by molar-refractivity contribution is 0.748. The van der Waals surface area contributed by atoms with Crippen molar-refractivity contribution in [3.05, 3.63) is 71.2 Å². The summed E-state index contributed by atoms with van der Waals surface area (Å²) in [6.45, 7) is 4.41. The van der Waals surface area contributed by atoms with E-state index in [-0.39, 0.29) is 5.56 Å². The van der Waals surface area contributed by atoms with E-state index in [2.05, 4.69) is 20.3 Å². The zero-order valence-electron chi connectivity index (χ0n) is 14.5. The molecule has 0 saturated carbocycles. The molecule has 0 aliphatic carbocycles. The number of rotatable bonds is 4. The van der Waals surface area contributed by atoms with Crippen LogP contribution in [0.2, 0.25) is 0 Å². The normalized spacial score (nSPS) is 11.0. The lowest BCUT2D eigenvalue weighted by atomic mass is 10.2. The van der Waals surface area contributed by atoms with Crippen LogP contribution in [0.1, 0.15) is 12.6 Å². The zero-order valence-corrected chi connectivity index (χ0v) is 14.5. The maximum atomic E-state index is 12.1. The van der Waals surface area contributed by atoms with Crippen LogP contribution in [0.15, 0.2) is 59.9 Å². The van der Waals surface area contributed by atoms with Crippen molar-refractivity contribution in [2.75, 3.05) is 5.32 Å². The number of hydrogen-bond donors (Lipinski definition) is 1. The Bertz CT molecular complexity index is 1110. The third-order valence-corrected chi connectivity index (χ3v) is 4.27. The molecule has 1 N–H and O–H groups in total. The Morgan fingerprint density at radius 3 is 2.58 bits per heavy atom. The first-order valence-corrected chi connectivity index (χ1v) is 8.39. The highest BCUT2D eigenvalue weighted by Crippen LogP contribution is 2.20. The smallest absolute Gasteiger partial charge is 0.252 e. The summed E-state index contributed by atoms with van der Waals surface area (Å²) in [5, 5.41) is 4.10. The number of aromatic nitrogens is 5. The molecular formula is C19H18N6O. The van der Waals surface area contributed by atoms with Crippen molar-refractivity contribution in [2.24, 2.45) is 0 Å². The molecule has 0 saturated heterocycles. The summed E-state index contributed by atoms with van der Waals surface area (Å²) in [5.74, 6) is 0.471. The first-order chi connectivity index (χ1) is 12.7. The van der Waals surface area contributed by atoms with Gasteiger partial charge in [0.05, 0.1) is 12.0 Å². The standard InChI is InChI=1S/C19H18N6O/c1-3-25-17(26)9-8-16-13(2)21-19(23-18(16)25)22-14-4-6-15(7-5-14)24-11-10-20-12-24/h4-12H,3H2,1-2H3,(H,21,22,23). The van der Waals surface area contributed by atoms with E-state index < -0.39 is 0 Å². The van der Waals surface area contributed by atoms with E-state index in [0.29, 0.717) is 18.1 Å². The third-order valence-electron chi connectivity index (χ3n) is 4.27. The molecule has 0 amide bonds. The Hall–Kier alpha value is -3.48. The SMILES string of the molecule is CCn1c(=O)ccc2c(C)nc(Nc3ccc(-n4ccnc4)cc3)nc21. The number of hydrogen-bond acceptors (Lipinski definition) is 5. The lowest BCUT2D eigenvalue weighted by Crippen LogP contribution is -2.19. The van der Waals surface area contributed by atoms with E-state index in [4.69, 9.17) is 0 Å². The van der Waals surface area contributed by atoms with Crippen LogP contribution in [-0.4, -0.2) is 24.1 Å². The molecule has 26 heavy (non-hydrogen) atoms. The van der Waals surface area contributed by atoms with Crippen LogP contribution in [0.5, 0.6) is 0 Å². The van der Waals surface area contributed by atoms with Gasteiger partial charge in [-0.3, -0.25) is 9.36 Å².